The van der Waals surface area contributed by atoms with Crippen LogP contribution >= 0.6 is 11.6 Å². The van der Waals surface area contributed by atoms with Crippen LogP contribution in [0.3, 0.4) is 0 Å². The summed E-state index contributed by atoms with van der Waals surface area (Å²) in [4.78, 5) is 22.7. The van der Waals surface area contributed by atoms with E-state index in [1.807, 2.05) is 43.3 Å². The SMILES string of the molecule is CCc1ccnc(CN(C(=O)C(C)Cl)c2ccccc2)n1. The first-order valence-corrected chi connectivity index (χ1v) is 7.36. The predicted octanol–water partition coefficient (Wildman–Crippen LogP) is 3.20. The van der Waals surface area contributed by atoms with Gasteiger partial charge in [-0.15, -0.1) is 11.6 Å². The van der Waals surface area contributed by atoms with Gasteiger partial charge in [-0.3, -0.25) is 4.79 Å². The van der Waals surface area contributed by atoms with Crippen LogP contribution in [0.2, 0.25) is 0 Å². The highest BCUT2D eigenvalue weighted by Crippen LogP contribution is 2.18. The molecule has 2 aromatic rings. The summed E-state index contributed by atoms with van der Waals surface area (Å²) in [5, 5.41) is -0.598. The number of aryl methyl sites for hydroxylation is 1. The highest BCUT2D eigenvalue weighted by molar-refractivity contribution is 6.32. The Morgan fingerprint density at radius 1 is 1.29 bits per heavy atom. The molecule has 1 heterocycles. The number of hydrogen-bond acceptors (Lipinski definition) is 3. The zero-order valence-electron chi connectivity index (χ0n) is 12.2. The summed E-state index contributed by atoms with van der Waals surface area (Å²) in [5.41, 5.74) is 1.75. The van der Waals surface area contributed by atoms with E-state index in [0.29, 0.717) is 12.4 Å². The Hall–Kier alpha value is -1.94. The maximum absolute atomic E-state index is 12.3. The van der Waals surface area contributed by atoms with Crippen LogP contribution in [0.15, 0.2) is 42.6 Å². The number of rotatable bonds is 5. The van der Waals surface area contributed by atoms with Gasteiger partial charge < -0.3 is 4.90 Å². The summed E-state index contributed by atoms with van der Waals surface area (Å²) in [6.45, 7) is 4.02. The molecule has 1 aromatic heterocycles. The summed E-state index contributed by atoms with van der Waals surface area (Å²) in [7, 11) is 0. The molecule has 1 amide bonds. The van der Waals surface area contributed by atoms with Gasteiger partial charge in [-0.05, 0) is 31.5 Å². The molecule has 0 aliphatic heterocycles. The third kappa shape index (κ3) is 4.02. The average Bonchev–Trinajstić information content (AvgIpc) is 2.53. The van der Waals surface area contributed by atoms with Gasteiger partial charge in [0.05, 0.1) is 6.54 Å². The monoisotopic (exact) mass is 303 g/mol. The quantitative estimate of drug-likeness (QED) is 0.797. The van der Waals surface area contributed by atoms with Gasteiger partial charge in [0.15, 0.2) is 0 Å². The normalized spacial score (nSPS) is 12.0. The number of carbonyl (C=O) groups excluding carboxylic acids is 1. The Labute approximate surface area is 129 Å². The first-order chi connectivity index (χ1) is 10.1. The van der Waals surface area contributed by atoms with E-state index in [9.17, 15) is 4.79 Å². The van der Waals surface area contributed by atoms with E-state index in [4.69, 9.17) is 11.6 Å². The standard InChI is InChI=1S/C16H18ClN3O/c1-3-13-9-10-18-15(19-13)11-20(16(21)12(2)17)14-7-5-4-6-8-14/h4-10,12H,3,11H2,1-2H3. The van der Waals surface area contributed by atoms with Crippen LogP contribution in [0, 0.1) is 0 Å². The maximum atomic E-state index is 12.3. The van der Waals surface area contributed by atoms with Crippen molar-refractivity contribution in [2.75, 3.05) is 4.90 Å². The lowest BCUT2D eigenvalue weighted by Gasteiger charge is -2.23. The molecule has 0 spiro atoms. The Balaban J connectivity index is 2.30. The van der Waals surface area contributed by atoms with Crippen LogP contribution in [0.25, 0.3) is 0 Å². The van der Waals surface area contributed by atoms with Crippen LogP contribution in [0.4, 0.5) is 5.69 Å². The minimum Gasteiger partial charge on any atom is -0.304 e. The van der Waals surface area contributed by atoms with Crippen LogP contribution in [-0.4, -0.2) is 21.3 Å². The fourth-order valence-electron chi connectivity index (χ4n) is 1.97. The van der Waals surface area contributed by atoms with Crippen molar-refractivity contribution in [3.63, 3.8) is 0 Å². The molecule has 0 radical (unpaired) electrons. The summed E-state index contributed by atoms with van der Waals surface area (Å²) >= 11 is 5.97. The average molecular weight is 304 g/mol. The molecule has 0 N–H and O–H groups in total. The molecule has 5 heteroatoms. The molecule has 2 rings (SSSR count). The Morgan fingerprint density at radius 3 is 2.62 bits per heavy atom. The Kier molecular flexibility index (Phi) is 5.28. The van der Waals surface area contributed by atoms with Crippen molar-refractivity contribution in [3.8, 4) is 0 Å². The topological polar surface area (TPSA) is 46.1 Å². The van der Waals surface area contributed by atoms with Crippen LogP contribution < -0.4 is 4.90 Å². The highest BCUT2D eigenvalue weighted by atomic mass is 35.5. The zero-order chi connectivity index (χ0) is 15.2. The number of alkyl halides is 1. The molecule has 0 aliphatic rings. The van der Waals surface area contributed by atoms with E-state index in [1.54, 1.807) is 18.0 Å². The number of anilines is 1. The van der Waals surface area contributed by atoms with Crippen molar-refractivity contribution < 1.29 is 4.79 Å². The molecule has 1 aromatic carbocycles. The van der Waals surface area contributed by atoms with E-state index in [2.05, 4.69) is 9.97 Å². The summed E-state index contributed by atoms with van der Waals surface area (Å²) in [5.74, 6) is 0.456. The summed E-state index contributed by atoms with van der Waals surface area (Å²) < 4.78 is 0. The molecule has 0 bridgehead atoms. The lowest BCUT2D eigenvalue weighted by molar-refractivity contribution is -0.118. The first kappa shape index (κ1) is 15.4. The molecular formula is C16H18ClN3O. The second-order valence-electron chi connectivity index (χ2n) is 4.69. The lowest BCUT2D eigenvalue weighted by atomic mass is 10.2. The largest absolute Gasteiger partial charge is 0.304 e. The predicted molar refractivity (Wildman–Crippen MR) is 84.4 cm³/mol. The maximum Gasteiger partial charge on any atom is 0.245 e. The Morgan fingerprint density at radius 2 is 2.00 bits per heavy atom. The van der Waals surface area contributed by atoms with Gasteiger partial charge >= 0.3 is 0 Å². The number of nitrogens with zero attached hydrogens (tertiary/aromatic N) is 3. The second kappa shape index (κ2) is 7.18. The fourth-order valence-corrected chi connectivity index (χ4v) is 2.09. The van der Waals surface area contributed by atoms with Gasteiger partial charge in [0.1, 0.15) is 11.2 Å². The smallest absolute Gasteiger partial charge is 0.245 e. The van der Waals surface area contributed by atoms with Crippen LogP contribution in [0.1, 0.15) is 25.4 Å². The third-order valence-electron chi connectivity index (χ3n) is 3.10. The number of carbonyl (C=O) groups is 1. The number of aromatic nitrogens is 2. The van der Waals surface area contributed by atoms with Gasteiger partial charge in [0, 0.05) is 17.6 Å². The van der Waals surface area contributed by atoms with Crippen molar-refractivity contribution in [2.45, 2.75) is 32.2 Å². The van der Waals surface area contributed by atoms with Crippen LogP contribution in [0.5, 0.6) is 0 Å². The minimum atomic E-state index is -0.598. The van der Waals surface area contributed by atoms with E-state index in [0.717, 1.165) is 17.8 Å². The number of amides is 1. The van der Waals surface area contributed by atoms with Crippen molar-refractivity contribution >= 4 is 23.2 Å². The van der Waals surface area contributed by atoms with Gasteiger partial charge in [0.2, 0.25) is 5.91 Å². The van der Waals surface area contributed by atoms with Crippen LogP contribution in [-0.2, 0) is 17.8 Å². The highest BCUT2D eigenvalue weighted by Gasteiger charge is 2.21. The Bertz CT molecular complexity index is 601. The van der Waals surface area contributed by atoms with E-state index in [1.165, 1.54) is 0 Å². The zero-order valence-corrected chi connectivity index (χ0v) is 12.9. The molecule has 0 saturated heterocycles. The van der Waals surface area contributed by atoms with E-state index >= 15 is 0 Å². The van der Waals surface area contributed by atoms with Crippen molar-refractivity contribution in [1.29, 1.82) is 0 Å². The number of para-hydroxylation sites is 1. The molecule has 0 aliphatic carbocycles. The number of benzene rings is 1. The van der Waals surface area contributed by atoms with Crippen molar-refractivity contribution in [2.24, 2.45) is 0 Å². The molecule has 1 unspecified atom stereocenters. The molecule has 0 saturated carbocycles. The molecule has 1 atom stereocenters. The summed E-state index contributed by atoms with van der Waals surface area (Å²) in [6, 6.07) is 11.3. The van der Waals surface area contributed by atoms with Gasteiger partial charge in [0.25, 0.3) is 0 Å². The molecular weight excluding hydrogens is 286 g/mol. The minimum absolute atomic E-state index is 0.159. The molecule has 0 fully saturated rings. The van der Waals surface area contributed by atoms with Crippen molar-refractivity contribution in [1.82, 2.24) is 9.97 Å². The number of halogens is 1. The fraction of sp³-hybridized carbons (Fsp3) is 0.312. The van der Waals surface area contributed by atoms with E-state index < -0.39 is 5.38 Å². The van der Waals surface area contributed by atoms with Gasteiger partial charge in [-0.2, -0.15) is 0 Å². The number of hydrogen-bond donors (Lipinski definition) is 0. The summed E-state index contributed by atoms with van der Waals surface area (Å²) in [6.07, 6.45) is 2.56. The molecule has 4 nitrogen and oxygen atoms in total. The van der Waals surface area contributed by atoms with E-state index in [-0.39, 0.29) is 5.91 Å². The molecule has 21 heavy (non-hydrogen) atoms. The second-order valence-corrected chi connectivity index (χ2v) is 5.35. The van der Waals surface area contributed by atoms with Gasteiger partial charge in [-0.1, -0.05) is 25.1 Å². The third-order valence-corrected chi connectivity index (χ3v) is 3.29. The van der Waals surface area contributed by atoms with Crippen molar-refractivity contribution in [3.05, 3.63) is 54.1 Å². The molecule has 110 valence electrons. The first-order valence-electron chi connectivity index (χ1n) is 6.93. The van der Waals surface area contributed by atoms with Gasteiger partial charge in [-0.25, -0.2) is 9.97 Å². The lowest BCUT2D eigenvalue weighted by Crippen LogP contribution is -2.35.